The Labute approximate surface area is 135 Å². The van der Waals surface area contributed by atoms with Crippen LogP contribution < -0.4 is 10.2 Å². The lowest BCUT2D eigenvalue weighted by molar-refractivity contribution is -0.133. The quantitative estimate of drug-likeness (QED) is 0.941. The van der Waals surface area contributed by atoms with Crippen LogP contribution in [0, 0.1) is 0 Å². The number of hydrogen-bond donors (Lipinski definition) is 1. The van der Waals surface area contributed by atoms with Crippen molar-refractivity contribution < 1.29 is 4.79 Å². The molecule has 0 spiro atoms. The number of para-hydroxylation sites is 1. The lowest BCUT2D eigenvalue weighted by Gasteiger charge is -2.35. The van der Waals surface area contributed by atoms with Crippen molar-refractivity contribution in [2.45, 2.75) is 6.04 Å². The molecule has 1 aromatic carbocycles. The minimum Gasteiger partial charge on any atom is -0.358 e. The number of amides is 1. The predicted octanol–water partition coefficient (Wildman–Crippen LogP) is 2.36. The van der Waals surface area contributed by atoms with Crippen molar-refractivity contribution in [1.82, 2.24) is 10.2 Å². The number of carbonyl (C=O) groups is 1. The number of nitrogens with zero attached hydrogens (tertiary/aromatic N) is 2. The molecule has 1 atom stereocenters. The van der Waals surface area contributed by atoms with Gasteiger partial charge in [-0.15, -0.1) is 11.3 Å². The molecule has 116 valence electrons. The standard InChI is InChI=1S/C17H21N3OS/c1-19(14-6-3-2-4-7-14)16(15-8-5-13-22-15)17(21)20-11-9-18-10-12-20/h2-8,13,16,18H,9-12H2,1H3. The Balaban J connectivity index is 1.88. The van der Waals surface area contributed by atoms with Crippen LogP contribution in [0.1, 0.15) is 10.9 Å². The molecule has 4 nitrogen and oxygen atoms in total. The van der Waals surface area contributed by atoms with Gasteiger partial charge in [0, 0.05) is 43.8 Å². The second-order valence-electron chi connectivity index (χ2n) is 5.44. The molecular weight excluding hydrogens is 294 g/mol. The SMILES string of the molecule is CN(c1ccccc1)C(C(=O)N1CCNCC1)c1cccs1. The Morgan fingerprint density at radius 1 is 1.18 bits per heavy atom. The maximum absolute atomic E-state index is 13.1. The third-order valence-electron chi connectivity index (χ3n) is 4.03. The normalized spacial score (nSPS) is 16.3. The van der Waals surface area contributed by atoms with E-state index in [4.69, 9.17) is 0 Å². The highest BCUT2D eigenvalue weighted by molar-refractivity contribution is 7.10. The molecule has 1 amide bonds. The molecular formula is C17H21N3OS. The summed E-state index contributed by atoms with van der Waals surface area (Å²) >= 11 is 1.64. The summed E-state index contributed by atoms with van der Waals surface area (Å²) in [6.07, 6.45) is 0. The van der Waals surface area contributed by atoms with Crippen molar-refractivity contribution in [3.05, 3.63) is 52.7 Å². The molecule has 1 N–H and O–H groups in total. The fourth-order valence-electron chi connectivity index (χ4n) is 2.80. The van der Waals surface area contributed by atoms with Gasteiger partial charge in [-0.1, -0.05) is 24.3 Å². The summed E-state index contributed by atoms with van der Waals surface area (Å²) in [5.41, 5.74) is 1.06. The molecule has 1 fully saturated rings. The van der Waals surface area contributed by atoms with Gasteiger partial charge in [0.05, 0.1) is 0 Å². The van der Waals surface area contributed by atoms with Crippen molar-refractivity contribution >= 4 is 22.9 Å². The maximum Gasteiger partial charge on any atom is 0.250 e. The molecule has 22 heavy (non-hydrogen) atoms. The van der Waals surface area contributed by atoms with Crippen molar-refractivity contribution in [1.29, 1.82) is 0 Å². The van der Waals surface area contributed by atoms with Crippen molar-refractivity contribution in [3.63, 3.8) is 0 Å². The molecule has 2 aromatic rings. The van der Waals surface area contributed by atoms with Crippen LogP contribution in [-0.4, -0.2) is 44.0 Å². The molecule has 0 saturated carbocycles. The average Bonchev–Trinajstić information content (AvgIpc) is 3.10. The molecule has 1 saturated heterocycles. The number of nitrogens with one attached hydrogen (secondary N) is 1. The van der Waals surface area contributed by atoms with Crippen LogP contribution in [0.2, 0.25) is 0 Å². The summed E-state index contributed by atoms with van der Waals surface area (Å²) in [6, 6.07) is 13.9. The van der Waals surface area contributed by atoms with Crippen LogP contribution in [0.4, 0.5) is 5.69 Å². The van der Waals surface area contributed by atoms with Crippen LogP contribution in [0.25, 0.3) is 0 Å². The summed E-state index contributed by atoms with van der Waals surface area (Å²) in [5, 5.41) is 5.33. The Bertz CT molecular complexity index is 594. The van der Waals surface area contributed by atoms with Crippen molar-refractivity contribution in [2.24, 2.45) is 0 Å². The number of carbonyl (C=O) groups excluding carboxylic acids is 1. The van der Waals surface area contributed by atoms with E-state index in [9.17, 15) is 4.79 Å². The Morgan fingerprint density at radius 3 is 2.55 bits per heavy atom. The number of piperazine rings is 1. The van der Waals surface area contributed by atoms with E-state index in [2.05, 4.69) is 16.3 Å². The molecule has 2 heterocycles. The number of anilines is 1. The Kier molecular flexibility index (Phi) is 4.75. The number of hydrogen-bond acceptors (Lipinski definition) is 4. The lowest BCUT2D eigenvalue weighted by atomic mass is 10.1. The highest BCUT2D eigenvalue weighted by Gasteiger charge is 2.31. The first-order chi connectivity index (χ1) is 10.8. The molecule has 5 heteroatoms. The molecule has 1 unspecified atom stereocenters. The van der Waals surface area contributed by atoms with Gasteiger partial charge in [0.1, 0.15) is 6.04 Å². The van der Waals surface area contributed by atoms with Crippen LogP contribution in [-0.2, 0) is 4.79 Å². The molecule has 0 radical (unpaired) electrons. The van der Waals surface area contributed by atoms with E-state index in [1.54, 1.807) is 11.3 Å². The summed E-state index contributed by atoms with van der Waals surface area (Å²) in [7, 11) is 2.00. The third kappa shape index (κ3) is 3.15. The Hall–Kier alpha value is -1.85. The smallest absolute Gasteiger partial charge is 0.250 e. The molecule has 1 aromatic heterocycles. The number of rotatable bonds is 4. The number of benzene rings is 1. The van der Waals surface area contributed by atoms with Crippen LogP contribution in [0.5, 0.6) is 0 Å². The zero-order valence-corrected chi connectivity index (χ0v) is 13.6. The van der Waals surface area contributed by atoms with Gasteiger partial charge >= 0.3 is 0 Å². The third-order valence-corrected chi connectivity index (χ3v) is 4.95. The zero-order chi connectivity index (χ0) is 15.4. The lowest BCUT2D eigenvalue weighted by Crippen LogP contribution is -2.50. The fraction of sp³-hybridized carbons (Fsp3) is 0.353. The fourth-order valence-corrected chi connectivity index (χ4v) is 3.65. The zero-order valence-electron chi connectivity index (χ0n) is 12.7. The van der Waals surface area contributed by atoms with E-state index >= 15 is 0 Å². The molecule has 3 rings (SSSR count). The van der Waals surface area contributed by atoms with Gasteiger partial charge in [0.25, 0.3) is 5.91 Å². The van der Waals surface area contributed by atoms with E-state index in [1.165, 1.54) is 0 Å². The largest absolute Gasteiger partial charge is 0.358 e. The van der Waals surface area contributed by atoms with Gasteiger partial charge in [-0.25, -0.2) is 0 Å². The van der Waals surface area contributed by atoms with Gasteiger partial charge in [-0.05, 0) is 23.6 Å². The Morgan fingerprint density at radius 2 is 1.91 bits per heavy atom. The first kappa shape index (κ1) is 15.1. The van der Waals surface area contributed by atoms with Crippen LogP contribution >= 0.6 is 11.3 Å². The van der Waals surface area contributed by atoms with E-state index < -0.39 is 0 Å². The topological polar surface area (TPSA) is 35.6 Å². The summed E-state index contributed by atoms with van der Waals surface area (Å²) in [4.78, 5) is 18.2. The highest BCUT2D eigenvalue weighted by Crippen LogP contribution is 2.30. The highest BCUT2D eigenvalue weighted by atomic mass is 32.1. The number of likely N-dealkylation sites (N-methyl/N-ethyl adjacent to an activating group) is 1. The van der Waals surface area contributed by atoms with E-state index in [0.717, 1.165) is 36.7 Å². The van der Waals surface area contributed by atoms with Gasteiger partial charge in [0.15, 0.2) is 0 Å². The summed E-state index contributed by atoms with van der Waals surface area (Å²) in [6.45, 7) is 3.31. The molecule has 0 aliphatic carbocycles. The van der Waals surface area contributed by atoms with Crippen LogP contribution in [0.15, 0.2) is 47.8 Å². The second-order valence-corrected chi connectivity index (χ2v) is 6.42. The minimum absolute atomic E-state index is 0.190. The number of thiophene rings is 1. The van der Waals surface area contributed by atoms with Crippen molar-refractivity contribution in [3.8, 4) is 0 Å². The second kappa shape index (κ2) is 6.94. The first-order valence-electron chi connectivity index (χ1n) is 7.58. The maximum atomic E-state index is 13.1. The predicted molar refractivity (Wildman–Crippen MR) is 91.4 cm³/mol. The monoisotopic (exact) mass is 315 g/mol. The van der Waals surface area contributed by atoms with E-state index in [-0.39, 0.29) is 11.9 Å². The van der Waals surface area contributed by atoms with Gasteiger partial charge < -0.3 is 15.1 Å². The summed E-state index contributed by atoms with van der Waals surface area (Å²) in [5.74, 6) is 0.190. The van der Waals surface area contributed by atoms with E-state index in [0.29, 0.717) is 0 Å². The minimum atomic E-state index is -0.250. The van der Waals surface area contributed by atoms with Gasteiger partial charge in [-0.3, -0.25) is 4.79 Å². The molecule has 1 aliphatic heterocycles. The first-order valence-corrected chi connectivity index (χ1v) is 8.46. The van der Waals surface area contributed by atoms with E-state index in [1.807, 2.05) is 53.7 Å². The summed E-state index contributed by atoms with van der Waals surface area (Å²) < 4.78 is 0. The molecule has 0 bridgehead atoms. The van der Waals surface area contributed by atoms with Crippen molar-refractivity contribution in [2.75, 3.05) is 38.1 Å². The van der Waals surface area contributed by atoms with Crippen LogP contribution in [0.3, 0.4) is 0 Å². The average molecular weight is 315 g/mol. The molecule has 1 aliphatic rings. The van der Waals surface area contributed by atoms with Gasteiger partial charge in [0.2, 0.25) is 0 Å². The van der Waals surface area contributed by atoms with Gasteiger partial charge in [-0.2, -0.15) is 0 Å².